The molecule has 1 fully saturated rings. The first-order chi connectivity index (χ1) is 18.8. The van der Waals surface area contributed by atoms with E-state index in [0.717, 1.165) is 42.6 Å². The highest BCUT2D eigenvalue weighted by Gasteiger charge is 2.23. The Morgan fingerprint density at radius 1 is 0.974 bits per heavy atom. The molecule has 0 radical (unpaired) electrons. The Balaban J connectivity index is 1.23. The van der Waals surface area contributed by atoms with E-state index in [0.29, 0.717) is 48.3 Å². The van der Waals surface area contributed by atoms with Gasteiger partial charge in [-0.25, -0.2) is 4.79 Å². The van der Waals surface area contributed by atoms with E-state index in [1.807, 2.05) is 50.4 Å². The molecule has 7 nitrogen and oxygen atoms in total. The fourth-order valence-electron chi connectivity index (χ4n) is 4.77. The van der Waals surface area contributed by atoms with Crippen LogP contribution in [-0.4, -0.2) is 50.1 Å². The van der Waals surface area contributed by atoms with Gasteiger partial charge < -0.3 is 25.8 Å². The number of allylic oxidation sites excluding steroid dienone is 4. The number of halogens is 2. The average Bonchev–Trinajstić information content (AvgIpc) is 2.95. The van der Waals surface area contributed by atoms with Gasteiger partial charge in [0.05, 0.1) is 15.7 Å². The Bertz CT molecular complexity index is 1200. The zero-order valence-electron chi connectivity index (χ0n) is 22.6. The molecule has 1 aliphatic heterocycles. The maximum Gasteiger partial charge on any atom is 0.322 e. The Hall–Kier alpha value is -3.00. The van der Waals surface area contributed by atoms with Gasteiger partial charge in [-0.3, -0.25) is 4.79 Å². The van der Waals surface area contributed by atoms with Crippen molar-refractivity contribution in [3.63, 3.8) is 0 Å². The van der Waals surface area contributed by atoms with Crippen molar-refractivity contribution in [2.45, 2.75) is 45.1 Å². The van der Waals surface area contributed by atoms with Crippen LogP contribution >= 0.6 is 23.2 Å². The molecule has 1 saturated heterocycles. The molecular weight excluding hydrogens is 533 g/mol. The number of hydrogen-bond acceptors (Lipinski definition) is 4. The summed E-state index contributed by atoms with van der Waals surface area (Å²) < 4.78 is 0. The highest BCUT2D eigenvalue weighted by atomic mass is 35.5. The molecule has 208 valence electrons. The van der Waals surface area contributed by atoms with Gasteiger partial charge in [0, 0.05) is 50.0 Å². The molecule has 3 N–H and O–H groups in total. The maximum atomic E-state index is 12.9. The maximum absolute atomic E-state index is 12.9. The molecule has 4 rings (SSSR count). The Morgan fingerprint density at radius 2 is 1.67 bits per heavy atom. The third kappa shape index (κ3) is 8.01. The van der Waals surface area contributed by atoms with E-state index in [2.05, 4.69) is 39.1 Å². The van der Waals surface area contributed by atoms with Crippen LogP contribution in [0.1, 0.15) is 50.6 Å². The first kappa shape index (κ1) is 29.0. The number of carbonyl (C=O) groups is 2. The molecule has 2 aromatic carbocycles. The number of benzene rings is 2. The average molecular weight is 571 g/mol. The predicted molar refractivity (Wildman–Crippen MR) is 162 cm³/mol. The summed E-state index contributed by atoms with van der Waals surface area (Å²) in [5.74, 6) is 0.0363. The molecule has 0 spiro atoms. The number of rotatable bonds is 9. The fourth-order valence-corrected chi connectivity index (χ4v) is 5.37. The summed E-state index contributed by atoms with van der Waals surface area (Å²) in [5.41, 5.74) is 4.57. The normalized spacial score (nSPS) is 16.1. The Labute approximate surface area is 241 Å². The second kappa shape index (κ2) is 13.9. The summed E-state index contributed by atoms with van der Waals surface area (Å²) in [7, 11) is 1.87. The van der Waals surface area contributed by atoms with E-state index in [1.54, 1.807) is 4.90 Å². The minimum atomic E-state index is -0.221. The molecule has 0 aromatic heterocycles. The lowest BCUT2D eigenvalue weighted by atomic mass is 10.0. The molecule has 0 bridgehead atoms. The van der Waals surface area contributed by atoms with Gasteiger partial charge in [0.2, 0.25) is 5.91 Å². The first-order valence-electron chi connectivity index (χ1n) is 13.6. The number of amides is 3. The summed E-state index contributed by atoms with van der Waals surface area (Å²) in [6.07, 6.45) is 11.1. The number of hydrogen-bond donors (Lipinski definition) is 3. The van der Waals surface area contributed by atoms with E-state index < -0.39 is 0 Å². The third-order valence-electron chi connectivity index (χ3n) is 7.25. The topological polar surface area (TPSA) is 76.7 Å². The van der Waals surface area contributed by atoms with Crippen molar-refractivity contribution in [3.05, 3.63) is 75.8 Å². The summed E-state index contributed by atoms with van der Waals surface area (Å²) >= 11 is 12.9. The van der Waals surface area contributed by atoms with E-state index in [1.165, 1.54) is 5.57 Å². The predicted octanol–water partition coefficient (Wildman–Crippen LogP) is 7.01. The Kier molecular flexibility index (Phi) is 10.3. The SMILES string of the molecule is CNC(C)c1cc(Cl)c(NC(=O)N2CCN(c3ccc(NC(=O)CCCC4=CCCC=C4)cc3)CC2)c(Cl)c1. The fraction of sp³-hybridized carbons (Fsp3) is 0.400. The quantitative estimate of drug-likeness (QED) is 0.303. The van der Waals surface area contributed by atoms with Crippen molar-refractivity contribution in [2.75, 3.05) is 48.8 Å². The number of carbonyl (C=O) groups excluding carboxylic acids is 2. The zero-order chi connectivity index (χ0) is 27.8. The van der Waals surface area contributed by atoms with Gasteiger partial charge in [-0.2, -0.15) is 0 Å². The van der Waals surface area contributed by atoms with Crippen molar-refractivity contribution < 1.29 is 9.59 Å². The van der Waals surface area contributed by atoms with Crippen LogP contribution in [-0.2, 0) is 4.79 Å². The van der Waals surface area contributed by atoms with E-state index in [4.69, 9.17) is 23.2 Å². The molecule has 0 saturated carbocycles. The van der Waals surface area contributed by atoms with E-state index >= 15 is 0 Å². The first-order valence-corrected chi connectivity index (χ1v) is 14.3. The van der Waals surface area contributed by atoms with Gasteiger partial charge in [0.1, 0.15) is 0 Å². The van der Waals surface area contributed by atoms with Crippen molar-refractivity contribution in [1.29, 1.82) is 0 Å². The van der Waals surface area contributed by atoms with Gasteiger partial charge in [-0.15, -0.1) is 0 Å². The second-order valence-electron chi connectivity index (χ2n) is 9.98. The van der Waals surface area contributed by atoms with Gasteiger partial charge >= 0.3 is 6.03 Å². The molecule has 2 aromatic rings. The summed E-state index contributed by atoms with van der Waals surface area (Å²) in [5, 5.41) is 9.86. The molecule has 1 unspecified atom stereocenters. The van der Waals surface area contributed by atoms with E-state index in [9.17, 15) is 9.59 Å². The van der Waals surface area contributed by atoms with Crippen LogP contribution in [0.15, 0.2) is 60.2 Å². The summed E-state index contributed by atoms with van der Waals surface area (Å²) in [6, 6.07) is 11.4. The number of nitrogens with one attached hydrogen (secondary N) is 3. The van der Waals surface area contributed by atoms with Gasteiger partial charge in [-0.05, 0) is 81.6 Å². The number of piperazine rings is 1. The zero-order valence-corrected chi connectivity index (χ0v) is 24.1. The van der Waals surface area contributed by atoms with Crippen LogP contribution < -0.4 is 20.9 Å². The standard InChI is InChI=1S/C30H37Cl2N5O2/c1-21(33-2)23-19-26(31)29(27(32)20-23)35-30(39)37-17-15-36(16-18-37)25-13-11-24(12-14-25)34-28(38)10-6-9-22-7-4-3-5-8-22/h4,7-8,11-14,19-21,33H,3,5-6,9-10,15-18H2,1-2H3,(H,34,38)(H,35,39). The Morgan fingerprint density at radius 3 is 2.28 bits per heavy atom. The molecule has 1 aliphatic carbocycles. The summed E-state index contributed by atoms with van der Waals surface area (Å²) in [6.45, 7) is 4.55. The minimum Gasteiger partial charge on any atom is -0.368 e. The highest BCUT2D eigenvalue weighted by molar-refractivity contribution is 6.39. The molecule has 1 heterocycles. The van der Waals surface area contributed by atoms with Crippen LogP contribution in [0, 0.1) is 0 Å². The van der Waals surface area contributed by atoms with Crippen molar-refractivity contribution >= 4 is 52.2 Å². The highest BCUT2D eigenvalue weighted by Crippen LogP contribution is 2.34. The van der Waals surface area contributed by atoms with Gasteiger partial charge in [0.25, 0.3) is 0 Å². The number of urea groups is 1. The molecule has 39 heavy (non-hydrogen) atoms. The van der Waals surface area contributed by atoms with E-state index in [-0.39, 0.29) is 18.0 Å². The molecule has 3 amide bonds. The van der Waals surface area contributed by atoms with Crippen LogP contribution in [0.2, 0.25) is 10.0 Å². The molecular formula is C30H37Cl2N5O2. The third-order valence-corrected chi connectivity index (χ3v) is 7.85. The van der Waals surface area contributed by atoms with Crippen molar-refractivity contribution in [1.82, 2.24) is 10.2 Å². The van der Waals surface area contributed by atoms with Gasteiger partial charge in [-0.1, -0.05) is 47.0 Å². The number of nitrogens with zero attached hydrogens (tertiary/aromatic N) is 2. The lowest BCUT2D eigenvalue weighted by Crippen LogP contribution is -2.50. The van der Waals surface area contributed by atoms with Crippen molar-refractivity contribution in [2.24, 2.45) is 0 Å². The van der Waals surface area contributed by atoms with Gasteiger partial charge in [0.15, 0.2) is 0 Å². The second-order valence-corrected chi connectivity index (χ2v) is 10.8. The smallest absolute Gasteiger partial charge is 0.322 e. The van der Waals surface area contributed by atoms with Crippen molar-refractivity contribution in [3.8, 4) is 0 Å². The van der Waals surface area contributed by atoms with Crippen LogP contribution in [0.4, 0.5) is 21.9 Å². The largest absolute Gasteiger partial charge is 0.368 e. The monoisotopic (exact) mass is 569 g/mol. The molecule has 1 atom stereocenters. The lowest BCUT2D eigenvalue weighted by molar-refractivity contribution is -0.116. The van der Waals surface area contributed by atoms with Crippen LogP contribution in [0.25, 0.3) is 0 Å². The van der Waals surface area contributed by atoms with Crippen LogP contribution in [0.3, 0.4) is 0 Å². The van der Waals surface area contributed by atoms with Crippen LogP contribution in [0.5, 0.6) is 0 Å². The number of anilines is 3. The molecule has 9 heteroatoms. The lowest BCUT2D eigenvalue weighted by Gasteiger charge is -2.36. The summed E-state index contributed by atoms with van der Waals surface area (Å²) in [4.78, 5) is 29.3. The minimum absolute atomic E-state index is 0.0363. The molecule has 2 aliphatic rings.